The lowest BCUT2D eigenvalue weighted by Crippen LogP contribution is -2.31. The molecule has 3 atom stereocenters. The SMILES string of the molecule is OC[C@@H]1C[C@H](Cl)C[C@H](c2cccc3ccccc23)O1. The van der Waals surface area contributed by atoms with E-state index in [0.29, 0.717) is 0 Å². The Balaban J connectivity index is 1.99. The van der Waals surface area contributed by atoms with Crippen LogP contribution in [0.5, 0.6) is 0 Å². The van der Waals surface area contributed by atoms with Crippen molar-refractivity contribution in [2.24, 2.45) is 0 Å². The highest BCUT2D eigenvalue weighted by Gasteiger charge is 2.29. The quantitative estimate of drug-likeness (QED) is 0.848. The van der Waals surface area contributed by atoms with Gasteiger partial charge in [0.25, 0.3) is 0 Å². The van der Waals surface area contributed by atoms with Crippen LogP contribution >= 0.6 is 11.6 Å². The molecule has 0 spiro atoms. The van der Waals surface area contributed by atoms with E-state index in [1.807, 2.05) is 18.2 Å². The molecule has 0 saturated carbocycles. The number of ether oxygens (including phenoxy) is 1. The fourth-order valence-electron chi connectivity index (χ4n) is 2.81. The molecule has 1 aliphatic heterocycles. The minimum atomic E-state index is -0.153. The summed E-state index contributed by atoms with van der Waals surface area (Å²) in [6.07, 6.45) is 1.34. The maximum absolute atomic E-state index is 9.30. The molecule has 19 heavy (non-hydrogen) atoms. The highest BCUT2D eigenvalue weighted by molar-refractivity contribution is 6.20. The Morgan fingerprint density at radius 2 is 1.89 bits per heavy atom. The van der Waals surface area contributed by atoms with Crippen molar-refractivity contribution >= 4 is 22.4 Å². The van der Waals surface area contributed by atoms with Gasteiger partial charge in [-0.05, 0) is 29.2 Å². The summed E-state index contributed by atoms with van der Waals surface area (Å²) in [5.41, 5.74) is 1.17. The van der Waals surface area contributed by atoms with Crippen LogP contribution in [0.3, 0.4) is 0 Å². The topological polar surface area (TPSA) is 29.5 Å². The van der Waals surface area contributed by atoms with Gasteiger partial charge in [0.15, 0.2) is 0 Å². The van der Waals surface area contributed by atoms with Crippen molar-refractivity contribution in [2.45, 2.75) is 30.4 Å². The van der Waals surface area contributed by atoms with Crippen LogP contribution in [-0.2, 0) is 4.74 Å². The summed E-state index contributed by atoms with van der Waals surface area (Å²) < 4.78 is 5.97. The van der Waals surface area contributed by atoms with Gasteiger partial charge >= 0.3 is 0 Å². The molecule has 3 heteroatoms. The molecular weight excluding hydrogens is 260 g/mol. The molecule has 100 valence electrons. The van der Waals surface area contributed by atoms with Crippen molar-refractivity contribution in [3.8, 4) is 0 Å². The van der Waals surface area contributed by atoms with Crippen molar-refractivity contribution in [1.82, 2.24) is 0 Å². The second-order valence-corrected chi connectivity index (χ2v) is 5.68. The molecule has 0 radical (unpaired) electrons. The van der Waals surface area contributed by atoms with E-state index in [2.05, 4.69) is 24.3 Å². The summed E-state index contributed by atoms with van der Waals surface area (Å²) in [5.74, 6) is 0. The van der Waals surface area contributed by atoms with Gasteiger partial charge in [0, 0.05) is 5.38 Å². The molecule has 1 aliphatic rings. The average molecular weight is 277 g/mol. The number of fused-ring (bicyclic) bond motifs is 1. The molecule has 2 nitrogen and oxygen atoms in total. The van der Waals surface area contributed by atoms with Crippen molar-refractivity contribution < 1.29 is 9.84 Å². The zero-order chi connectivity index (χ0) is 13.2. The predicted octanol–water partition coefficient (Wildman–Crippen LogP) is 3.66. The number of aliphatic hydroxyl groups excluding tert-OH is 1. The van der Waals surface area contributed by atoms with Crippen molar-refractivity contribution in [3.05, 3.63) is 48.0 Å². The summed E-state index contributed by atoms with van der Waals surface area (Å²) in [4.78, 5) is 0. The minimum absolute atomic E-state index is 0.0282. The first-order valence-electron chi connectivity index (χ1n) is 6.66. The zero-order valence-electron chi connectivity index (χ0n) is 10.6. The molecule has 1 heterocycles. The van der Waals surface area contributed by atoms with Gasteiger partial charge in [-0.2, -0.15) is 0 Å². The van der Waals surface area contributed by atoms with Crippen LogP contribution in [0.4, 0.5) is 0 Å². The number of rotatable bonds is 2. The van der Waals surface area contributed by atoms with Crippen LogP contribution in [0, 0.1) is 0 Å². The van der Waals surface area contributed by atoms with Gasteiger partial charge in [0.1, 0.15) is 0 Å². The predicted molar refractivity (Wildman–Crippen MR) is 77.5 cm³/mol. The van der Waals surface area contributed by atoms with Crippen LogP contribution in [0.2, 0.25) is 0 Å². The molecule has 0 aromatic heterocycles. The van der Waals surface area contributed by atoms with Crippen LogP contribution in [0.1, 0.15) is 24.5 Å². The monoisotopic (exact) mass is 276 g/mol. The summed E-state index contributed by atoms with van der Waals surface area (Å²) in [7, 11) is 0. The fourth-order valence-corrected chi connectivity index (χ4v) is 3.17. The smallest absolute Gasteiger partial charge is 0.0850 e. The molecule has 1 N–H and O–H groups in total. The number of aliphatic hydroxyl groups is 1. The number of hydrogen-bond donors (Lipinski definition) is 1. The lowest BCUT2D eigenvalue weighted by atomic mass is 9.94. The number of hydrogen-bond acceptors (Lipinski definition) is 2. The first-order chi connectivity index (χ1) is 9.28. The van der Waals surface area contributed by atoms with E-state index in [0.717, 1.165) is 12.8 Å². The normalized spacial score (nSPS) is 27.6. The summed E-state index contributed by atoms with van der Waals surface area (Å²) in [6.45, 7) is 0.0322. The Morgan fingerprint density at radius 3 is 2.74 bits per heavy atom. The second kappa shape index (κ2) is 5.49. The lowest BCUT2D eigenvalue weighted by Gasteiger charge is -2.32. The Labute approximate surface area is 118 Å². The zero-order valence-corrected chi connectivity index (χ0v) is 11.4. The van der Waals surface area contributed by atoms with E-state index >= 15 is 0 Å². The van der Waals surface area contributed by atoms with Crippen LogP contribution < -0.4 is 0 Å². The highest BCUT2D eigenvalue weighted by atomic mass is 35.5. The van der Waals surface area contributed by atoms with Gasteiger partial charge in [-0.15, -0.1) is 11.6 Å². The van der Waals surface area contributed by atoms with Gasteiger partial charge in [-0.25, -0.2) is 0 Å². The van der Waals surface area contributed by atoms with E-state index < -0.39 is 0 Å². The van der Waals surface area contributed by atoms with Crippen molar-refractivity contribution in [2.75, 3.05) is 6.61 Å². The van der Waals surface area contributed by atoms with E-state index in [1.54, 1.807) is 0 Å². The van der Waals surface area contributed by atoms with Gasteiger partial charge in [-0.1, -0.05) is 42.5 Å². The molecule has 1 fully saturated rings. The number of alkyl halides is 1. The molecule has 0 unspecified atom stereocenters. The van der Waals surface area contributed by atoms with E-state index in [-0.39, 0.29) is 24.2 Å². The Bertz CT molecular complexity index is 564. The molecule has 3 rings (SSSR count). The van der Waals surface area contributed by atoms with Gasteiger partial charge in [0.2, 0.25) is 0 Å². The first kappa shape index (κ1) is 12.9. The lowest BCUT2D eigenvalue weighted by molar-refractivity contribution is -0.0714. The third kappa shape index (κ3) is 2.62. The van der Waals surface area contributed by atoms with E-state index in [9.17, 15) is 5.11 Å². The van der Waals surface area contributed by atoms with Gasteiger partial charge in [0.05, 0.1) is 18.8 Å². The maximum atomic E-state index is 9.30. The van der Waals surface area contributed by atoms with E-state index in [1.165, 1.54) is 16.3 Å². The van der Waals surface area contributed by atoms with E-state index in [4.69, 9.17) is 16.3 Å². The summed E-state index contributed by atoms with van der Waals surface area (Å²) in [6, 6.07) is 14.5. The van der Waals surface area contributed by atoms with Crippen LogP contribution in [-0.4, -0.2) is 23.2 Å². The molecule has 2 aromatic carbocycles. The summed E-state index contributed by atoms with van der Waals surface area (Å²) >= 11 is 6.29. The number of halogens is 1. The van der Waals surface area contributed by atoms with Crippen molar-refractivity contribution in [1.29, 1.82) is 0 Å². The highest BCUT2D eigenvalue weighted by Crippen LogP contribution is 2.36. The maximum Gasteiger partial charge on any atom is 0.0850 e. The van der Waals surface area contributed by atoms with Gasteiger partial charge in [-0.3, -0.25) is 0 Å². The molecule has 2 aromatic rings. The minimum Gasteiger partial charge on any atom is -0.394 e. The fraction of sp³-hybridized carbons (Fsp3) is 0.375. The average Bonchev–Trinajstić information content (AvgIpc) is 2.46. The standard InChI is InChI=1S/C16H17ClO2/c17-12-8-13(10-18)19-16(9-12)15-7-3-5-11-4-1-2-6-14(11)15/h1-7,12-13,16,18H,8-10H2/t12-,13-,16+/m0/s1. The van der Waals surface area contributed by atoms with Crippen LogP contribution in [0.15, 0.2) is 42.5 Å². The third-order valence-corrected chi connectivity index (χ3v) is 4.08. The Kier molecular flexibility index (Phi) is 3.74. The third-order valence-electron chi connectivity index (χ3n) is 3.72. The number of benzene rings is 2. The molecule has 0 bridgehead atoms. The second-order valence-electron chi connectivity index (χ2n) is 5.07. The Morgan fingerprint density at radius 1 is 1.11 bits per heavy atom. The largest absolute Gasteiger partial charge is 0.394 e. The molecule has 1 saturated heterocycles. The van der Waals surface area contributed by atoms with Crippen molar-refractivity contribution in [3.63, 3.8) is 0 Å². The van der Waals surface area contributed by atoms with Gasteiger partial charge < -0.3 is 9.84 Å². The molecular formula is C16H17ClO2. The first-order valence-corrected chi connectivity index (χ1v) is 7.09. The summed E-state index contributed by atoms with van der Waals surface area (Å²) in [5, 5.41) is 11.8. The Hall–Kier alpha value is -1.09. The molecule has 0 amide bonds. The molecule has 0 aliphatic carbocycles. The van der Waals surface area contributed by atoms with Crippen LogP contribution in [0.25, 0.3) is 10.8 Å².